The minimum absolute atomic E-state index is 0.0320. The Morgan fingerprint density at radius 3 is 1.06 bits per heavy atom. The predicted octanol–water partition coefficient (Wildman–Crippen LogP) is 16.7. The standard InChI is InChI=1S/C61H94NO8P/c1-3-5-7-9-11-13-15-17-19-21-23-24-25-26-27-28-29-30-31-32-33-34-36-38-40-42-44-46-48-50-52-54-61(64)70-59(58-69-71(65,66)68-56-55-62)57-67-60(63)53-51-49-47-45-43-41-39-37-35-22-20-18-16-14-12-10-8-6-4-2/h5-8,11-14,17-20,23-24,26-27,29-30,32-33,35-38,41-44,59H,3-4,9-10,15-16,21-22,25,28,31,34,39-40,45-58,62H2,1-2H3,(H,65,66)/b7-5-,8-6-,13-11-,14-12-,19-17-,20-18-,24-23-,27-26-,30-29-,33-32-,37-35-,38-36-,43-41-,44-42-. The third-order valence-electron chi connectivity index (χ3n) is 10.1. The van der Waals surface area contributed by atoms with Gasteiger partial charge in [-0.1, -0.05) is 197 Å². The fourth-order valence-electron chi connectivity index (χ4n) is 6.24. The van der Waals surface area contributed by atoms with Crippen LogP contribution in [0, 0.1) is 0 Å². The molecule has 0 rings (SSSR count). The number of allylic oxidation sites excluding steroid dienone is 28. The Kier molecular flexibility index (Phi) is 51.1. The molecule has 0 radical (unpaired) electrons. The maximum Gasteiger partial charge on any atom is 0.472 e. The smallest absolute Gasteiger partial charge is 0.462 e. The van der Waals surface area contributed by atoms with Crippen LogP contribution in [0.5, 0.6) is 0 Å². The number of carbonyl (C=O) groups is 2. The summed E-state index contributed by atoms with van der Waals surface area (Å²) in [5, 5.41) is 0. The Balaban J connectivity index is 4.22. The first-order valence-corrected chi connectivity index (χ1v) is 28.1. The number of carbonyl (C=O) groups excluding carboxylic acids is 2. The predicted molar refractivity (Wildman–Crippen MR) is 302 cm³/mol. The molecular formula is C61H94NO8P. The van der Waals surface area contributed by atoms with Crippen molar-refractivity contribution in [2.24, 2.45) is 5.73 Å². The largest absolute Gasteiger partial charge is 0.472 e. The van der Waals surface area contributed by atoms with Gasteiger partial charge in [0.2, 0.25) is 0 Å². The van der Waals surface area contributed by atoms with Crippen molar-refractivity contribution < 1.29 is 37.6 Å². The highest BCUT2D eigenvalue weighted by Gasteiger charge is 2.26. The van der Waals surface area contributed by atoms with Crippen molar-refractivity contribution >= 4 is 19.8 Å². The average molecular weight is 1000 g/mol. The second kappa shape index (κ2) is 54.7. The molecule has 0 heterocycles. The van der Waals surface area contributed by atoms with Crippen molar-refractivity contribution in [1.29, 1.82) is 0 Å². The van der Waals surface area contributed by atoms with Crippen molar-refractivity contribution in [3.05, 3.63) is 170 Å². The number of phosphoric ester groups is 1. The topological polar surface area (TPSA) is 134 Å². The molecule has 0 saturated heterocycles. The van der Waals surface area contributed by atoms with Crippen LogP contribution in [0.15, 0.2) is 170 Å². The molecule has 71 heavy (non-hydrogen) atoms. The summed E-state index contributed by atoms with van der Waals surface area (Å²) < 4.78 is 32.9. The molecule has 0 spiro atoms. The zero-order chi connectivity index (χ0) is 51.7. The van der Waals surface area contributed by atoms with Gasteiger partial charge in [0.15, 0.2) is 6.10 Å². The van der Waals surface area contributed by atoms with E-state index in [0.717, 1.165) is 128 Å². The molecule has 0 saturated carbocycles. The fourth-order valence-corrected chi connectivity index (χ4v) is 7.00. The molecule has 9 nitrogen and oxygen atoms in total. The fraction of sp³-hybridized carbons (Fsp3) is 0.508. The summed E-state index contributed by atoms with van der Waals surface area (Å²) in [6.45, 7) is 3.39. The van der Waals surface area contributed by atoms with Gasteiger partial charge in [-0.3, -0.25) is 18.6 Å². The van der Waals surface area contributed by atoms with Crippen LogP contribution < -0.4 is 5.73 Å². The zero-order valence-electron chi connectivity index (χ0n) is 43.9. The van der Waals surface area contributed by atoms with Crippen LogP contribution in [0.3, 0.4) is 0 Å². The molecule has 10 heteroatoms. The molecule has 2 unspecified atom stereocenters. The minimum atomic E-state index is -4.42. The number of nitrogens with two attached hydrogens (primary N) is 1. The van der Waals surface area contributed by atoms with E-state index in [2.05, 4.69) is 184 Å². The maximum atomic E-state index is 12.7. The molecule has 0 aromatic heterocycles. The van der Waals surface area contributed by atoms with Crippen molar-refractivity contribution in [3.63, 3.8) is 0 Å². The van der Waals surface area contributed by atoms with Crippen LogP contribution in [0.1, 0.15) is 168 Å². The van der Waals surface area contributed by atoms with E-state index in [4.69, 9.17) is 24.3 Å². The van der Waals surface area contributed by atoms with E-state index in [0.29, 0.717) is 12.8 Å². The van der Waals surface area contributed by atoms with Crippen LogP contribution in [0.25, 0.3) is 0 Å². The number of rotatable bonds is 47. The molecular weight excluding hydrogens is 906 g/mol. The molecule has 0 amide bonds. The first kappa shape index (κ1) is 66.4. The number of ether oxygens (including phenoxy) is 2. The zero-order valence-corrected chi connectivity index (χ0v) is 44.8. The molecule has 0 aromatic rings. The monoisotopic (exact) mass is 1000 g/mol. The van der Waals surface area contributed by atoms with Gasteiger partial charge in [-0.05, 0) is 128 Å². The minimum Gasteiger partial charge on any atom is -0.462 e. The Hall–Kier alpha value is -4.63. The summed E-state index contributed by atoms with van der Waals surface area (Å²) in [4.78, 5) is 35.1. The molecule has 0 aliphatic rings. The molecule has 0 bridgehead atoms. The van der Waals surface area contributed by atoms with Gasteiger partial charge in [0.1, 0.15) is 6.61 Å². The summed E-state index contributed by atoms with van der Waals surface area (Å²) in [7, 11) is -4.42. The average Bonchev–Trinajstić information content (AvgIpc) is 3.36. The van der Waals surface area contributed by atoms with Gasteiger partial charge in [0.25, 0.3) is 0 Å². The number of esters is 2. The quantitative estimate of drug-likeness (QED) is 0.0264. The van der Waals surface area contributed by atoms with E-state index in [1.54, 1.807) is 0 Å². The number of hydrogen-bond acceptors (Lipinski definition) is 8. The summed E-state index contributed by atoms with van der Waals surface area (Å²) >= 11 is 0. The van der Waals surface area contributed by atoms with E-state index in [1.165, 1.54) is 0 Å². The van der Waals surface area contributed by atoms with Crippen molar-refractivity contribution in [3.8, 4) is 0 Å². The normalized spacial score (nSPS) is 14.5. The van der Waals surface area contributed by atoms with Crippen LogP contribution in [0.4, 0.5) is 0 Å². The highest BCUT2D eigenvalue weighted by atomic mass is 31.2. The van der Waals surface area contributed by atoms with E-state index >= 15 is 0 Å². The van der Waals surface area contributed by atoms with Crippen LogP contribution in [-0.4, -0.2) is 49.3 Å². The summed E-state index contributed by atoms with van der Waals surface area (Å²) in [6, 6.07) is 0. The van der Waals surface area contributed by atoms with Crippen LogP contribution >= 0.6 is 7.82 Å². The Morgan fingerprint density at radius 2 is 0.732 bits per heavy atom. The van der Waals surface area contributed by atoms with Crippen LogP contribution in [0.2, 0.25) is 0 Å². The van der Waals surface area contributed by atoms with Crippen molar-refractivity contribution in [1.82, 2.24) is 0 Å². The summed E-state index contributed by atoms with van der Waals surface area (Å²) in [5.41, 5.74) is 5.36. The van der Waals surface area contributed by atoms with Crippen molar-refractivity contribution in [2.75, 3.05) is 26.4 Å². The SMILES string of the molecule is CC/C=C\C/C=C\C/C=C\C/C=C\C/C=C\C/C=C\C/C=C\C/C=C\C/C=C\CCCCCC(=O)OC(COC(=O)CCCCC/C=C\C/C=C\C/C=C\C/C=C\C/C=C\CC)COP(=O)(O)OCCN. The second-order valence-electron chi connectivity index (χ2n) is 16.6. The van der Waals surface area contributed by atoms with Crippen molar-refractivity contribution in [2.45, 2.75) is 174 Å². The van der Waals surface area contributed by atoms with Gasteiger partial charge in [0, 0.05) is 19.4 Å². The number of hydrogen-bond donors (Lipinski definition) is 2. The van der Waals surface area contributed by atoms with E-state index in [9.17, 15) is 19.0 Å². The first-order chi connectivity index (χ1) is 34.8. The molecule has 0 aromatic carbocycles. The lowest BCUT2D eigenvalue weighted by atomic mass is 10.1. The van der Waals surface area contributed by atoms with Gasteiger partial charge < -0.3 is 20.1 Å². The van der Waals surface area contributed by atoms with Gasteiger partial charge >= 0.3 is 19.8 Å². The first-order valence-electron chi connectivity index (χ1n) is 26.6. The van der Waals surface area contributed by atoms with Gasteiger partial charge in [-0.25, -0.2) is 4.57 Å². The molecule has 396 valence electrons. The molecule has 0 aliphatic carbocycles. The Morgan fingerprint density at radius 1 is 0.423 bits per heavy atom. The van der Waals surface area contributed by atoms with Gasteiger partial charge in [-0.2, -0.15) is 0 Å². The lowest BCUT2D eigenvalue weighted by molar-refractivity contribution is -0.161. The summed E-state index contributed by atoms with van der Waals surface area (Å²) in [5.74, 6) is -0.923. The van der Waals surface area contributed by atoms with E-state index in [-0.39, 0.29) is 32.6 Å². The molecule has 0 fully saturated rings. The molecule has 3 N–H and O–H groups in total. The number of phosphoric acid groups is 1. The van der Waals surface area contributed by atoms with Gasteiger partial charge in [0.05, 0.1) is 13.2 Å². The van der Waals surface area contributed by atoms with Gasteiger partial charge in [-0.15, -0.1) is 0 Å². The second-order valence-corrected chi connectivity index (χ2v) is 18.1. The Labute approximate surface area is 431 Å². The maximum absolute atomic E-state index is 12.7. The summed E-state index contributed by atoms with van der Waals surface area (Å²) in [6.07, 6.45) is 81.1. The lowest BCUT2D eigenvalue weighted by Gasteiger charge is -2.19. The molecule has 2 atom stereocenters. The van der Waals surface area contributed by atoms with Crippen LogP contribution in [-0.2, 0) is 32.7 Å². The third kappa shape index (κ3) is 54.6. The third-order valence-corrected chi connectivity index (χ3v) is 11.1. The van der Waals surface area contributed by atoms with E-state index in [1.807, 2.05) is 0 Å². The highest BCUT2D eigenvalue weighted by Crippen LogP contribution is 2.43. The van der Waals surface area contributed by atoms with E-state index < -0.39 is 32.5 Å². The molecule has 0 aliphatic heterocycles. The highest BCUT2D eigenvalue weighted by molar-refractivity contribution is 7.47. The lowest BCUT2D eigenvalue weighted by Crippen LogP contribution is -2.29. The number of unbranched alkanes of at least 4 members (excludes halogenated alkanes) is 6. The Bertz CT molecular complexity index is 1760.